The van der Waals surface area contributed by atoms with Gasteiger partial charge in [0.15, 0.2) is 9.84 Å². The van der Waals surface area contributed by atoms with E-state index < -0.39 is 20.9 Å². The molecule has 1 aromatic carbocycles. The summed E-state index contributed by atoms with van der Waals surface area (Å²) in [5.41, 5.74) is 0. The molecule has 0 radical (unpaired) electrons. The average Bonchev–Trinajstić information content (AvgIpc) is 2.55. The Morgan fingerprint density at radius 1 is 1.29 bits per heavy atom. The summed E-state index contributed by atoms with van der Waals surface area (Å²) >= 11 is 0. The summed E-state index contributed by atoms with van der Waals surface area (Å²) < 4.78 is 37.9. The van der Waals surface area contributed by atoms with E-state index in [1.54, 1.807) is 11.9 Å². The number of amides is 1. The third kappa shape index (κ3) is 4.91. The molecule has 1 unspecified atom stereocenters. The Kier molecular flexibility index (Phi) is 7.63. The van der Waals surface area contributed by atoms with Crippen LogP contribution in [0.3, 0.4) is 0 Å². The van der Waals surface area contributed by atoms with Crippen molar-refractivity contribution in [3.05, 3.63) is 30.1 Å². The Morgan fingerprint density at radius 3 is 2.38 bits per heavy atom. The van der Waals surface area contributed by atoms with Crippen LogP contribution in [0.25, 0.3) is 0 Å². The van der Waals surface area contributed by atoms with Crippen LogP contribution in [0.1, 0.15) is 26.2 Å². The molecule has 5 nitrogen and oxygen atoms in total. The average molecular weight is 379 g/mol. The number of rotatable bonds is 5. The van der Waals surface area contributed by atoms with Gasteiger partial charge in [0.25, 0.3) is 0 Å². The lowest BCUT2D eigenvalue weighted by Gasteiger charge is -2.32. The largest absolute Gasteiger partial charge is 0.343 e. The molecule has 8 heteroatoms. The highest BCUT2D eigenvalue weighted by Crippen LogP contribution is 2.20. The van der Waals surface area contributed by atoms with Crippen molar-refractivity contribution in [3.8, 4) is 0 Å². The van der Waals surface area contributed by atoms with E-state index in [0.29, 0.717) is 0 Å². The molecule has 0 bridgehead atoms. The first-order valence-electron chi connectivity index (χ1n) is 7.78. The minimum atomic E-state index is -3.64. The second kappa shape index (κ2) is 8.78. The molecule has 1 N–H and O–H groups in total. The summed E-state index contributed by atoms with van der Waals surface area (Å²) in [7, 11) is -1.91. The number of nitrogens with zero attached hydrogens (tertiary/aromatic N) is 1. The van der Waals surface area contributed by atoms with Crippen molar-refractivity contribution in [2.75, 3.05) is 20.1 Å². The molecule has 1 aromatic rings. The van der Waals surface area contributed by atoms with E-state index >= 15 is 0 Å². The fraction of sp³-hybridized carbons (Fsp3) is 0.562. The van der Waals surface area contributed by atoms with Crippen molar-refractivity contribution in [1.29, 1.82) is 0 Å². The molecular weight excluding hydrogens is 355 g/mol. The van der Waals surface area contributed by atoms with Gasteiger partial charge in [0.2, 0.25) is 5.91 Å². The van der Waals surface area contributed by atoms with Crippen LogP contribution >= 0.6 is 12.4 Å². The van der Waals surface area contributed by atoms with E-state index in [4.69, 9.17) is 0 Å². The smallest absolute Gasteiger partial charge is 0.223 e. The first kappa shape index (κ1) is 20.9. The van der Waals surface area contributed by atoms with Crippen LogP contribution in [0.5, 0.6) is 0 Å². The van der Waals surface area contributed by atoms with Crippen LogP contribution in [0.4, 0.5) is 4.39 Å². The second-order valence-electron chi connectivity index (χ2n) is 6.00. The third-order valence-corrected chi connectivity index (χ3v) is 6.54. The van der Waals surface area contributed by atoms with Gasteiger partial charge in [0, 0.05) is 19.5 Å². The van der Waals surface area contributed by atoms with Crippen molar-refractivity contribution >= 4 is 28.2 Å². The van der Waals surface area contributed by atoms with Crippen molar-refractivity contribution in [2.45, 2.75) is 42.4 Å². The number of carbonyl (C=O) groups is 1. The summed E-state index contributed by atoms with van der Waals surface area (Å²) in [6.07, 6.45) is 1.68. The number of benzene rings is 1. The fourth-order valence-corrected chi connectivity index (χ4v) is 4.10. The minimum absolute atomic E-state index is 0. The van der Waals surface area contributed by atoms with Crippen LogP contribution in [-0.2, 0) is 14.6 Å². The predicted molar refractivity (Wildman–Crippen MR) is 93.6 cm³/mol. The summed E-state index contributed by atoms with van der Waals surface area (Å²) in [5, 5.41) is 2.39. The van der Waals surface area contributed by atoms with Gasteiger partial charge in [-0.15, -0.1) is 12.4 Å². The highest BCUT2D eigenvalue weighted by atomic mass is 35.5. The molecule has 24 heavy (non-hydrogen) atoms. The molecule has 0 aromatic heterocycles. The monoisotopic (exact) mass is 378 g/mol. The molecular formula is C16H24ClFN2O3S. The third-order valence-electron chi connectivity index (χ3n) is 4.38. The Balaban J connectivity index is 0.00000288. The summed E-state index contributed by atoms with van der Waals surface area (Å²) in [5.74, 6) is -0.659. The first-order valence-corrected chi connectivity index (χ1v) is 9.33. The highest BCUT2D eigenvalue weighted by molar-refractivity contribution is 7.92. The zero-order chi connectivity index (χ0) is 17.0. The normalized spacial score (nSPS) is 17.0. The number of hydrogen-bond donors (Lipinski definition) is 1. The lowest BCUT2D eigenvalue weighted by molar-refractivity contribution is -0.132. The zero-order valence-electron chi connectivity index (χ0n) is 13.9. The fourth-order valence-electron chi connectivity index (χ4n) is 2.75. The number of nitrogens with one attached hydrogen (secondary N) is 1. The van der Waals surface area contributed by atoms with Crippen LogP contribution < -0.4 is 5.32 Å². The Hall–Kier alpha value is -1.18. The van der Waals surface area contributed by atoms with Gasteiger partial charge in [0.1, 0.15) is 5.82 Å². The molecule has 0 spiro atoms. The summed E-state index contributed by atoms with van der Waals surface area (Å²) in [4.78, 5) is 14.1. The standard InChI is InChI=1S/C16H23FN2O3S.ClH/c1-12(23(21,22)15-5-3-13(17)4-6-15)11-16(20)19(2)14-7-9-18-10-8-14;/h3-6,12,14,18H,7-11H2,1-2H3;1H. The maximum Gasteiger partial charge on any atom is 0.223 e. The SMILES string of the molecule is CC(CC(=O)N(C)C1CCNCC1)S(=O)(=O)c1ccc(F)cc1.Cl. The van der Waals surface area contributed by atoms with Gasteiger partial charge in [-0.2, -0.15) is 0 Å². The number of sulfone groups is 1. The molecule has 1 amide bonds. The van der Waals surface area contributed by atoms with Gasteiger partial charge >= 0.3 is 0 Å². The van der Waals surface area contributed by atoms with E-state index in [1.807, 2.05) is 0 Å². The topological polar surface area (TPSA) is 66.5 Å². The van der Waals surface area contributed by atoms with Gasteiger partial charge in [-0.05, 0) is 57.1 Å². The van der Waals surface area contributed by atoms with Crippen molar-refractivity contribution in [3.63, 3.8) is 0 Å². The summed E-state index contributed by atoms with van der Waals surface area (Å²) in [6, 6.07) is 4.86. The van der Waals surface area contributed by atoms with Crippen LogP contribution in [0.2, 0.25) is 0 Å². The molecule has 136 valence electrons. The first-order chi connectivity index (χ1) is 10.8. The van der Waals surface area contributed by atoms with E-state index in [2.05, 4.69) is 5.32 Å². The molecule has 1 fully saturated rings. The van der Waals surface area contributed by atoms with Crippen LogP contribution in [0.15, 0.2) is 29.2 Å². The highest BCUT2D eigenvalue weighted by Gasteiger charge is 2.29. The Bertz CT molecular complexity index is 646. The van der Waals surface area contributed by atoms with Gasteiger partial charge < -0.3 is 10.2 Å². The van der Waals surface area contributed by atoms with Crippen LogP contribution in [0, 0.1) is 5.82 Å². The van der Waals surface area contributed by atoms with E-state index in [-0.39, 0.29) is 35.7 Å². The molecule has 1 atom stereocenters. The molecule has 1 aliphatic heterocycles. The van der Waals surface area contributed by atoms with E-state index in [0.717, 1.165) is 38.1 Å². The van der Waals surface area contributed by atoms with E-state index in [9.17, 15) is 17.6 Å². The molecule has 1 heterocycles. The minimum Gasteiger partial charge on any atom is -0.343 e. The number of piperidine rings is 1. The van der Waals surface area contributed by atoms with Crippen molar-refractivity contribution < 1.29 is 17.6 Å². The maximum absolute atomic E-state index is 12.9. The van der Waals surface area contributed by atoms with Gasteiger partial charge in [-0.3, -0.25) is 4.79 Å². The second-order valence-corrected chi connectivity index (χ2v) is 8.37. The lowest BCUT2D eigenvalue weighted by atomic mass is 10.0. The van der Waals surface area contributed by atoms with Gasteiger partial charge in [0.05, 0.1) is 10.1 Å². The molecule has 0 saturated carbocycles. The van der Waals surface area contributed by atoms with E-state index in [1.165, 1.54) is 19.1 Å². The van der Waals surface area contributed by atoms with Crippen LogP contribution in [-0.4, -0.2) is 50.7 Å². The quantitative estimate of drug-likeness (QED) is 0.796. The Labute approximate surface area is 148 Å². The predicted octanol–water partition coefficient (Wildman–Crippen LogP) is 2.01. The zero-order valence-corrected chi connectivity index (χ0v) is 15.5. The number of halogens is 2. The summed E-state index contributed by atoms with van der Waals surface area (Å²) in [6.45, 7) is 3.25. The van der Waals surface area contributed by atoms with Gasteiger partial charge in [-0.1, -0.05) is 0 Å². The number of carbonyl (C=O) groups excluding carboxylic acids is 1. The lowest BCUT2D eigenvalue weighted by Crippen LogP contribution is -2.45. The molecule has 0 aliphatic carbocycles. The van der Waals surface area contributed by atoms with Gasteiger partial charge in [-0.25, -0.2) is 12.8 Å². The molecule has 1 aliphatic rings. The number of hydrogen-bond acceptors (Lipinski definition) is 4. The molecule has 1 saturated heterocycles. The Morgan fingerprint density at radius 2 is 1.83 bits per heavy atom. The molecule has 2 rings (SSSR count). The van der Waals surface area contributed by atoms with Crippen molar-refractivity contribution in [1.82, 2.24) is 10.2 Å². The maximum atomic E-state index is 12.9. The van der Waals surface area contributed by atoms with Crippen molar-refractivity contribution in [2.24, 2.45) is 0 Å².